The minimum absolute atomic E-state index is 0.00813. The maximum atomic E-state index is 5.90. The van der Waals surface area contributed by atoms with Crippen molar-refractivity contribution in [1.29, 1.82) is 0 Å². The van der Waals surface area contributed by atoms with Gasteiger partial charge in [0.1, 0.15) is 5.82 Å². The average Bonchev–Trinajstić information content (AvgIpc) is 2.49. The van der Waals surface area contributed by atoms with Crippen LogP contribution in [0.3, 0.4) is 0 Å². The number of nitrogen functional groups attached to an aromatic ring is 2. The summed E-state index contributed by atoms with van der Waals surface area (Å²) in [6.07, 6.45) is 2.16. The molecular weight excluding hydrogens is 296 g/mol. The molecule has 0 spiro atoms. The molecule has 1 aromatic heterocycles. The SMILES string of the molecule is COc1cc(Cc2cnc(N)nc2N)cc(OC(C)C)c1OC. The first-order valence-electron chi connectivity index (χ1n) is 7.23. The lowest BCUT2D eigenvalue weighted by atomic mass is 10.1. The minimum Gasteiger partial charge on any atom is -0.493 e. The summed E-state index contributed by atoms with van der Waals surface area (Å²) in [6, 6.07) is 3.78. The first-order chi connectivity index (χ1) is 10.9. The molecule has 124 valence electrons. The van der Waals surface area contributed by atoms with E-state index in [1.807, 2.05) is 26.0 Å². The molecule has 0 saturated heterocycles. The highest BCUT2D eigenvalue weighted by Crippen LogP contribution is 2.39. The van der Waals surface area contributed by atoms with Crippen LogP contribution in [0.25, 0.3) is 0 Å². The summed E-state index contributed by atoms with van der Waals surface area (Å²) in [4.78, 5) is 7.96. The molecule has 0 fully saturated rings. The van der Waals surface area contributed by atoms with Gasteiger partial charge < -0.3 is 25.7 Å². The second-order valence-corrected chi connectivity index (χ2v) is 5.31. The summed E-state index contributed by atoms with van der Waals surface area (Å²) in [6.45, 7) is 3.90. The van der Waals surface area contributed by atoms with Crippen molar-refractivity contribution in [3.8, 4) is 17.2 Å². The molecule has 2 rings (SSSR count). The van der Waals surface area contributed by atoms with Gasteiger partial charge in [0.05, 0.1) is 20.3 Å². The second kappa shape index (κ2) is 7.04. The van der Waals surface area contributed by atoms with Gasteiger partial charge in [-0.1, -0.05) is 0 Å². The first kappa shape index (κ1) is 16.7. The lowest BCUT2D eigenvalue weighted by Crippen LogP contribution is -2.08. The fourth-order valence-electron chi connectivity index (χ4n) is 2.22. The van der Waals surface area contributed by atoms with Crippen LogP contribution in [0.2, 0.25) is 0 Å². The van der Waals surface area contributed by atoms with Crippen LogP contribution in [0, 0.1) is 0 Å². The van der Waals surface area contributed by atoms with E-state index < -0.39 is 0 Å². The molecule has 23 heavy (non-hydrogen) atoms. The van der Waals surface area contributed by atoms with Gasteiger partial charge in [0.25, 0.3) is 0 Å². The highest BCUT2D eigenvalue weighted by molar-refractivity contribution is 5.55. The van der Waals surface area contributed by atoms with Gasteiger partial charge in [-0.15, -0.1) is 0 Å². The number of anilines is 2. The number of aromatic nitrogens is 2. The molecular formula is C16H22N4O3. The van der Waals surface area contributed by atoms with Crippen molar-refractivity contribution in [3.05, 3.63) is 29.5 Å². The Labute approximate surface area is 135 Å². The Balaban J connectivity index is 2.41. The van der Waals surface area contributed by atoms with Crippen LogP contribution in [-0.2, 0) is 6.42 Å². The van der Waals surface area contributed by atoms with Gasteiger partial charge in [-0.2, -0.15) is 4.98 Å². The molecule has 7 heteroatoms. The fourth-order valence-corrected chi connectivity index (χ4v) is 2.22. The quantitative estimate of drug-likeness (QED) is 0.839. The maximum absolute atomic E-state index is 5.90. The summed E-state index contributed by atoms with van der Waals surface area (Å²) < 4.78 is 16.6. The second-order valence-electron chi connectivity index (χ2n) is 5.31. The molecule has 0 unspecified atom stereocenters. The molecule has 0 atom stereocenters. The topological polar surface area (TPSA) is 106 Å². The number of nitrogens with two attached hydrogens (primary N) is 2. The molecule has 4 N–H and O–H groups in total. The normalized spacial score (nSPS) is 10.7. The Morgan fingerprint density at radius 1 is 1.09 bits per heavy atom. The molecule has 0 aliphatic carbocycles. The van der Waals surface area contributed by atoms with Gasteiger partial charge in [0.15, 0.2) is 11.5 Å². The minimum atomic E-state index is 0.00813. The third-order valence-electron chi connectivity index (χ3n) is 3.18. The molecule has 0 saturated carbocycles. The molecule has 1 heterocycles. The summed E-state index contributed by atoms with van der Waals surface area (Å²) in [5.41, 5.74) is 13.1. The van der Waals surface area contributed by atoms with Gasteiger partial charge in [0.2, 0.25) is 11.7 Å². The molecule has 1 aromatic carbocycles. The molecule has 7 nitrogen and oxygen atoms in total. The van der Waals surface area contributed by atoms with Gasteiger partial charge >= 0.3 is 0 Å². The Kier molecular flexibility index (Phi) is 5.10. The van der Waals surface area contributed by atoms with E-state index in [1.54, 1.807) is 20.4 Å². The summed E-state index contributed by atoms with van der Waals surface area (Å²) in [7, 11) is 3.16. The monoisotopic (exact) mass is 318 g/mol. The average molecular weight is 318 g/mol. The van der Waals surface area contributed by atoms with Crippen LogP contribution in [0.1, 0.15) is 25.0 Å². The summed E-state index contributed by atoms with van der Waals surface area (Å²) >= 11 is 0. The van der Waals surface area contributed by atoms with E-state index in [0.29, 0.717) is 29.5 Å². The van der Waals surface area contributed by atoms with Crippen molar-refractivity contribution in [1.82, 2.24) is 9.97 Å². The van der Waals surface area contributed by atoms with Gasteiger partial charge in [-0.05, 0) is 31.5 Å². The first-order valence-corrected chi connectivity index (χ1v) is 7.23. The third kappa shape index (κ3) is 3.94. The van der Waals surface area contributed by atoms with Gasteiger partial charge in [-0.25, -0.2) is 4.98 Å². The zero-order valence-electron chi connectivity index (χ0n) is 13.8. The zero-order chi connectivity index (χ0) is 17.0. The van der Waals surface area contributed by atoms with E-state index in [1.165, 1.54) is 0 Å². The number of rotatable bonds is 6. The Bertz CT molecular complexity index is 689. The summed E-state index contributed by atoms with van der Waals surface area (Å²) in [5, 5.41) is 0. The van der Waals surface area contributed by atoms with Crippen LogP contribution in [0.15, 0.2) is 18.3 Å². The van der Waals surface area contributed by atoms with E-state index in [-0.39, 0.29) is 12.1 Å². The highest BCUT2D eigenvalue weighted by Gasteiger charge is 2.16. The van der Waals surface area contributed by atoms with E-state index in [0.717, 1.165) is 11.1 Å². The predicted molar refractivity (Wildman–Crippen MR) is 89.0 cm³/mol. The van der Waals surface area contributed by atoms with E-state index >= 15 is 0 Å². The third-order valence-corrected chi connectivity index (χ3v) is 3.18. The van der Waals surface area contributed by atoms with Crippen molar-refractivity contribution in [2.75, 3.05) is 25.7 Å². The zero-order valence-corrected chi connectivity index (χ0v) is 13.8. The number of benzene rings is 1. The number of hydrogen-bond acceptors (Lipinski definition) is 7. The lowest BCUT2D eigenvalue weighted by Gasteiger charge is -2.17. The molecule has 0 aliphatic rings. The van der Waals surface area contributed by atoms with Gasteiger partial charge in [0, 0.05) is 18.2 Å². The van der Waals surface area contributed by atoms with Crippen LogP contribution < -0.4 is 25.7 Å². The standard InChI is InChI=1S/C16H22N4O3/c1-9(2)23-13-7-10(6-12(21-3)14(13)22-4)5-11-8-19-16(18)20-15(11)17/h6-9H,5H2,1-4H3,(H4,17,18,19,20). The van der Waals surface area contributed by atoms with Crippen LogP contribution in [0.5, 0.6) is 17.2 Å². The summed E-state index contributed by atoms with van der Waals surface area (Å²) in [5.74, 6) is 2.29. The van der Waals surface area contributed by atoms with E-state index in [2.05, 4.69) is 9.97 Å². The van der Waals surface area contributed by atoms with Gasteiger partial charge in [-0.3, -0.25) is 0 Å². The molecule has 0 amide bonds. The molecule has 0 radical (unpaired) electrons. The fraction of sp³-hybridized carbons (Fsp3) is 0.375. The van der Waals surface area contributed by atoms with Crippen LogP contribution in [0.4, 0.5) is 11.8 Å². The highest BCUT2D eigenvalue weighted by atomic mass is 16.5. The van der Waals surface area contributed by atoms with Crippen LogP contribution >= 0.6 is 0 Å². The van der Waals surface area contributed by atoms with Crippen molar-refractivity contribution in [2.24, 2.45) is 0 Å². The van der Waals surface area contributed by atoms with Crippen molar-refractivity contribution in [2.45, 2.75) is 26.4 Å². The maximum Gasteiger partial charge on any atom is 0.221 e. The number of nitrogens with zero attached hydrogens (tertiary/aromatic N) is 2. The van der Waals surface area contributed by atoms with Crippen molar-refractivity contribution >= 4 is 11.8 Å². The molecule has 0 aliphatic heterocycles. The molecule has 0 bridgehead atoms. The van der Waals surface area contributed by atoms with E-state index in [9.17, 15) is 0 Å². The van der Waals surface area contributed by atoms with Crippen LogP contribution in [-0.4, -0.2) is 30.3 Å². The smallest absolute Gasteiger partial charge is 0.221 e. The lowest BCUT2D eigenvalue weighted by molar-refractivity contribution is 0.226. The number of hydrogen-bond donors (Lipinski definition) is 2. The Morgan fingerprint density at radius 2 is 1.78 bits per heavy atom. The number of ether oxygens (including phenoxy) is 3. The Hall–Kier alpha value is -2.70. The van der Waals surface area contributed by atoms with E-state index in [4.69, 9.17) is 25.7 Å². The number of methoxy groups -OCH3 is 2. The molecule has 2 aromatic rings. The van der Waals surface area contributed by atoms with Crippen molar-refractivity contribution < 1.29 is 14.2 Å². The van der Waals surface area contributed by atoms with Crippen molar-refractivity contribution in [3.63, 3.8) is 0 Å². The predicted octanol–water partition coefficient (Wildman–Crippen LogP) is 2.04. The largest absolute Gasteiger partial charge is 0.493 e. The Morgan fingerprint density at radius 3 is 2.35 bits per heavy atom.